The Morgan fingerprint density at radius 2 is 1.74 bits per heavy atom. The zero-order chi connectivity index (χ0) is 17.0. The van der Waals surface area contributed by atoms with Crippen molar-refractivity contribution in [3.8, 4) is 0 Å². The fourth-order valence-electron chi connectivity index (χ4n) is 1.98. The van der Waals surface area contributed by atoms with Gasteiger partial charge in [-0.3, -0.25) is 9.59 Å². The van der Waals surface area contributed by atoms with E-state index in [-0.39, 0.29) is 29.2 Å². The standard InChI is InChI=1S/C17H18BrN3O2/c1-10(2)19-16(22)14-5-4-6-15(20-14)17(23)21-13-8-7-12(18)9-11(13)3/h4-10H,1-3H3,(H,19,22)(H,21,23). The Morgan fingerprint density at radius 3 is 2.35 bits per heavy atom. The Labute approximate surface area is 143 Å². The fourth-order valence-corrected chi connectivity index (χ4v) is 2.45. The molecular formula is C17H18BrN3O2. The van der Waals surface area contributed by atoms with Gasteiger partial charge in [0.05, 0.1) is 0 Å². The third-order valence-corrected chi connectivity index (χ3v) is 3.56. The number of nitrogens with one attached hydrogen (secondary N) is 2. The van der Waals surface area contributed by atoms with Crippen molar-refractivity contribution < 1.29 is 9.59 Å². The quantitative estimate of drug-likeness (QED) is 0.858. The molecule has 2 rings (SSSR count). The Hall–Kier alpha value is -2.21. The number of aryl methyl sites for hydroxylation is 1. The molecule has 0 spiro atoms. The number of pyridine rings is 1. The molecule has 0 unspecified atom stereocenters. The molecule has 0 aliphatic heterocycles. The molecule has 0 aliphatic rings. The molecule has 2 aromatic rings. The molecule has 6 heteroatoms. The van der Waals surface area contributed by atoms with Gasteiger partial charge in [-0.15, -0.1) is 0 Å². The van der Waals surface area contributed by atoms with Crippen molar-refractivity contribution in [1.29, 1.82) is 0 Å². The number of nitrogens with zero attached hydrogens (tertiary/aromatic N) is 1. The Balaban J connectivity index is 2.18. The number of amides is 2. The molecule has 0 fully saturated rings. The number of carbonyl (C=O) groups excluding carboxylic acids is 2. The number of hydrogen-bond donors (Lipinski definition) is 2. The summed E-state index contributed by atoms with van der Waals surface area (Å²) < 4.78 is 0.943. The molecule has 0 radical (unpaired) electrons. The summed E-state index contributed by atoms with van der Waals surface area (Å²) in [5.41, 5.74) is 2.06. The molecule has 2 amide bonds. The van der Waals surface area contributed by atoms with E-state index >= 15 is 0 Å². The van der Waals surface area contributed by atoms with Crippen LogP contribution in [0.1, 0.15) is 40.4 Å². The van der Waals surface area contributed by atoms with E-state index in [4.69, 9.17) is 0 Å². The third-order valence-electron chi connectivity index (χ3n) is 3.07. The van der Waals surface area contributed by atoms with Crippen LogP contribution in [0.2, 0.25) is 0 Å². The molecule has 1 heterocycles. The van der Waals surface area contributed by atoms with E-state index in [0.717, 1.165) is 10.0 Å². The summed E-state index contributed by atoms with van der Waals surface area (Å²) in [7, 11) is 0. The fraction of sp³-hybridized carbons (Fsp3) is 0.235. The Morgan fingerprint density at radius 1 is 1.09 bits per heavy atom. The number of benzene rings is 1. The second-order valence-electron chi connectivity index (χ2n) is 5.45. The number of rotatable bonds is 4. The van der Waals surface area contributed by atoms with Crippen molar-refractivity contribution in [3.63, 3.8) is 0 Å². The average Bonchev–Trinajstić information content (AvgIpc) is 2.49. The minimum Gasteiger partial charge on any atom is -0.349 e. The van der Waals surface area contributed by atoms with Gasteiger partial charge in [0.25, 0.3) is 11.8 Å². The van der Waals surface area contributed by atoms with Crippen LogP contribution in [0.5, 0.6) is 0 Å². The van der Waals surface area contributed by atoms with E-state index in [1.165, 1.54) is 0 Å². The largest absolute Gasteiger partial charge is 0.349 e. The molecule has 23 heavy (non-hydrogen) atoms. The molecular weight excluding hydrogens is 358 g/mol. The molecule has 0 saturated heterocycles. The maximum atomic E-state index is 12.3. The van der Waals surface area contributed by atoms with Crippen molar-refractivity contribution in [2.75, 3.05) is 5.32 Å². The minimum absolute atomic E-state index is 0.00666. The summed E-state index contributed by atoms with van der Waals surface area (Å²) >= 11 is 3.38. The lowest BCUT2D eigenvalue weighted by atomic mass is 10.2. The molecule has 1 aromatic carbocycles. The van der Waals surface area contributed by atoms with E-state index in [2.05, 4.69) is 31.5 Å². The highest BCUT2D eigenvalue weighted by Crippen LogP contribution is 2.20. The third kappa shape index (κ3) is 4.63. The van der Waals surface area contributed by atoms with Gasteiger partial charge < -0.3 is 10.6 Å². The van der Waals surface area contributed by atoms with Gasteiger partial charge in [0.1, 0.15) is 11.4 Å². The highest BCUT2D eigenvalue weighted by molar-refractivity contribution is 9.10. The second-order valence-corrected chi connectivity index (χ2v) is 6.37. The van der Waals surface area contributed by atoms with E-state index < -0.39 is 0 Å². The van der Waals surface area contributed by atoms with Gasteiger partial charge in [0.15, 0.2) is 0 Å². The van der Waals surface area contributed by atoms with Crippen LogP contribution in [-0.4, -0.2) is 22.8 Å². The van der Waals surface area contributed by atoms with E-state index in [0.29, 0.717) is 5.69 Å². The lowest BCUT2D eigenvalue weighted by Crippen LogP contribution is -2.31. The van der Waals surface area contributed by atoms with Crippen LogP contribution < -0.4 is 10.6 Å². The van der Waals surface area contributed by atoms with Gasteiger partial charge in [-0.1, -0.05) is 22.0 Å². The van der Waals surface area contributed by atoms with E-state index in [9.17, 15) is 9.59 Å². The molecule has 0 aliphatic carbocycles. The topological polar surface area (TPSA) is 71.1 Å². The van der Waals surface area contributed by atoms with Crippen LogP contribution in [0.15, 0.2) is 40.9 Å². The highest BCUT2D eigenvalue weighted by Gasteiger charge is 2.13. The summed E-state index contributed by atoms with van der Waals surface area (Å²) in [6, 6.07) is 10.4. The van der Waals surface area contributed by atoms with Crippen LogP contribution >= 0.6 is 15.9 Å². The van der Waals surface area contributed by atoms with Crippen LogP contribution in [0.3, 0.4) is 0 Å². The van der Waals surface area contributed by atoms with Crippen LogP contribution in [-0.2, 0) is 0 Å². The predicted molar refractivity (Wildman–Crippen MR) is 93.7 cm³/mol. The normalized spacial score (nSPS) is 10.5. The van der Waals surface area contributed by atoms with Crippen molar-refractivity contribution in [1.82, 2.24) is 10.3 Å². The Kier molecular flexibility index (Phi) is 5.50. The van der Waals surface area contributed by atoms with Crippen LogP contribution in [0, 0.1) is 6.92 Å². The van der Waals surface area contributed by atoms with Gasteiger partial charge in [-0.25, -0.2) is 4.98 Å². The summed E-state index contributed by atoms with van der Waals surface area (Å²) in [5.74, 6) is -0.649. The molecule has 120 valence electrons. The lowest BCUT2D eigenvalue weighted by molar-refractivity contribution is 0.0938. The first kappa shape index (κ1) is 17.1. The summed E-state index contributed by atoms with van der Waals surface area (Å²) in [6.45, 7) is 5.63. The monoisotopic (exact) mass is 375 g/mol. The first-order chi connectivity index (χ1) is 10.9. The smallest absolute Gasteiger partial charge is 0.274 e. The maximum absolute atomic E-state index is 12.3. The van der Waals surface area contributed by atoms with Crippen molar-refractivity contribution in [2.45, 2.75) is 26.8 Å². The van der Waals surface area contributed by atoms with E-state index in [1.54, 1.807) is 18.2 Å². The maximum Gasteiger partial charge on any atom is 0.274 e. The van der Waals surface area contributed by atoms with Crippen LogP contribution in [0.4, 0.5) is 5.69 Å². The molecule has 2 N–H and O–H groups in total. The molecule has 0 atom stereocenters. The number of anilines is 1. The molecule has 0 saturated carbocycles. The first-order valence-electron chi connectivity index (χ1n) is 7.22. The van der Waals surface area contributed by atoms with Gasteiger partial charge in [-0.2, -0.15) is 0 Å². The van der Waals surface area contributed by atoms with Crippen LogP contribution in [0.25, 0.3) is 0 Å². The van der Waals surface area contributed by atoms with Gasteiger partial charge in [0.2, 0.25) is 0 Å². The SMILES string of the molecule is Cc1cc(Br)ccc1NC(=O)c1cccc(C(=O)NC(C)C)n1. The predicted octanol–water partition coefficient (Wildman–Crippen LogP) is 3.54. The number of hydrogen-bond acceptors (Lipinski definition) is 3. The zero-order valence-corrected chi connectivity index (χ0v) is 14.8. The lowest BCUT2D eigenvalue weighted by Gasteiger charge is -2.10. The summed E-state index contributed by atoms with van der Waals surface area (Å²) in [5, 5.41) is 5.56. The first-order valence-corrected chi connectivity index (χ1v) is 8.01. The number of carbonyl (C=O) groups is 2. The number of halogens is 1. The average molecular weight is 376 g/mol. The molecule has 0 bridgehead atoms. The van der Waals surface area contributed by atoms with Crippen molar-refractivity contribution in [2.24, 2.45) is 0 Å². The molecule has 5 nitrogen and oxygen atoms in total. The second kappa shape index (κ2) is 7.37. The highest BCUT2D eigenvalue weighted by atomic mass is 79.9. The zero-order valence-electron chi connectivity index (χ0n) is 13.2. The van der Waals surface area contributed by atoms with Crippen molar-refractivity contribution in [3.05, 3.63) is 57.8 Å². The van der Waals surface area contributed by atoms with E-state index in [1.807, 2.05) is 39.0 Å². The van der Waals surface area contributed by atoms with Gasteiger partial charge >= 0.3 is 0 Å². The molecule has 1 aromatic heterocycles. The summed E-state index contributed by atoms with van der Waals surface area (Å²) in [6.07, 6.45) is 0. The van der Waals surface area contributed by atoms with Gasteiger partial charge in [-0.05, 0) is 56.7 Å². The van der Waals surface area contributed by atoms with Gasteiger partial charge in [0, 0.05) is 16.2 Å². The summed E-state index contributed by atoms with van der Waals surface area (Å²) in [4.78, 5) is 28.4. The van der Waals surface area contributed by atoms with Crippen molar-refractivity contribution >= 4 is 33.4 Å². The minimum atomic E-state index is -0.352. The number of aromatic nitrogens is 1. The Bertz CT molecular complexity index is 744.